The zero-order valence-corrected chi connectivity index (χ0v) is 8.98. The molecular weight excluding hydrogens is 196 g/mol. The van der Waals surface area contributed by atoms with Crippen LogP contribution >= 0.6 is 0 Å². The Bertz CT molecular complexity index is 247. The van der Waals surface area contributed by atoms with Gasteiger partial charge in [0.1, 0.15) is 0 Å². The minimum Gasteiger partial charge on any atom is -0.481 e. The standard InChI is InChI=1S/C10H18N2O3/c1-7(9(11)13)6-12-4-2-8(3-5-12)10(14)15/h7-8H,2-6H2,1H3,(H2,11,13)(H,14,15). The largest absolute Gasteiger partial charge is 0.481 e. The Morgan fingerprint density at radius 2 is 2.00 bits per heavy atom. The van der Waals surface area contributed by atoms with Gasteiger partial charge >= 0.3 is 5.97 Å². The molecule has 0 radical (unpaired) electrons. The summed E-state index contributed by atoms with van der Waals surface area (Å²) >= 11 is 0. The number of piperidine rings is 1. The van der Waals surface area contributed by atoms with Crippen molar-refractivity contribution in [3.8, 4) is 0 Å². The molecule has 1 fully saturated rings. The number of carboxylic acid groups (broad SMARTS) is 1. The Hall–Kier alpha value is -1.10. The summed E-state index contributed by atoms with van der Waals surface area (Å²) in [5.41, 5.74) is 5.17. The highest BCUT2D eigenvalue weighted by Gasteiger charge is 2.25. The van der Waals surface area contributed by atoms with Crippen molar-refractivity contribution in [1.29, 1.82) is 0 Å². The van der Waals surface area contributed by atoms with Crippen LogP contribution in [-0.2, 0) is 9.59 Å². The minimum atomic E-state index is -0.711. The van der Waals surface area contributed by atoms with E-state index >= 15 is 0 Å². The summed E-state index contributed by atoms with van der Waals surface area (Å²) < 4.78 is 0. The van der Waals surface area contributed by atoms with Gasteiger partial charge < -0.3 is 15.7 Å². The average Bonchev–Trinajstić information content (AvgIpc) is 2.18. The van der Waals surface area contributed by atoms with Crippen LogP contribution in [0.2, 0.25) is 0 Å². The Morgan fingerprint density at radius 1 is 1.47 bits per heavy atom. The van der Waals surface area contributed by atoms with Gasteiger partial charge in [-0.05, 0) is 25.9 Å². The number of aliphatic carboxylic acids is 1. The number of carboxylic acids is 1. The van der Waals surface area contributed by atoms with E-state index in [4.69, 9.17) is 10.8 Å². The van der Waals surface area contributed by atoms with E-state index in [-0.39, 0.29) is 17.7 Å². The van der Waals surface area contributed by atoms with Gasteiger partial charge in [0.05, 0.1) is 5.92 Å². The zero-order chi connectivity index (χ0) is 11.4. The van der Waals surface area contributed by atoms with E-state index in [9.17, 15) is 9.59 Å². The number of primary amides is 1. The molecule has 1 saturated heterocycles. The Morgan fingerprint density at radius 3 is 2.40 bits per heavy atom. The van der Waals surface area contributed by atoms with Crippen LogP contribution in [0.3, 0.4) is 0 Å². The molecule has 1 rings (SSSR count). The van der Waals surface area contributed by atoms with Crippen LogP contribution in [0.15, 0.2) is 0 Å². The lowest BCUT2D eigenvalue weighted by Gasteiger charge is -2.31. The van der Waals surface area contributed by atoms with E-state index < -0.39 is 5.97 Å². The first-order valence-electron chi connectivity index (χ1n) is 5.25. The van der Waals surface area contributed by atoms with Crippen molar-refractivity contribution >= 4 is 11.9 Å². The first-order valence-corrected chi connectivity index (χ1v) is 5.25. The minimum absolute atomic E-state index is 0.161. The number of amides is 1. The molecule has 0 aromatic carbocycles. The third-order valence-electron chi connectivity index (χ3n) is 2.95. The van der Waals surface area contributed by atoms with Gasteiger partial charge in [0, 0.05) is 12.5 Å². The summed E-state index contributed by atoms with van der Waals surface area (Å²) in [7, 11) is 0. The topological polar surface area (TPSA) is 83.6 Å². The Labute approximate surface area is 89.2 Å². The van der Waals surface area contributed by atoms with E-state index in [1.54, 1.807) is 6.92 Å². The molecule has 0 saturated carbocycles. The summed E-state index contributed by atoms with van der Waals surface area (Å²) in [6, 6.07) is 0. The SMILES string of the molecule is CC(CN1CCC(C(=O)O)CC1)C(N)=O. The number of carbonyl (C=O) groups is 2. The predicted molar refractivity (Wildman–Crippen MR) is 55.2 cm³/mol. The van der Waals surface area contributed by atoms with Crippen LogP contribution in [0.25, 0.3) is 0 Å². The maximum atomic E-state index is 10.8. The number of nitrogens with two attached hydrogens (primary N) is 1. The van der Waals surface area contributed by atoms with Crippen LogP contribution in [-0.4, -0.2) is 41.5 Å². The Kier molecular flexibility index (Phi) is 4.08. The molecule has 5 heteroatoms. The maximum absolute atomic E-state index is 10.8. The molecule has 0 aromatic rings. The number of nitrogens with zero attached hydrogens (tertiary/aromatic N) is 1. The maximum Gasteiger partial charge on any atom is 0.306 e. The second-order valence-corrected chi connectivity index (χ2v) is 4.22. The van der Waals surface area contributed by atoms with E-state index in [0.29, 0.717) is 19.4 Å². The van der Waals surface area contributed by atoms with Crippen molar-refractivity contribution in [3.63, 3.8) is 0 Å². The molecule has 1 unspecified atom stereocenters. The van der Waals surface area contributed by atoms with Gasteiger partial charge in [-0.2, -0.15) is 0 Å². The molecule has 1 aliphatic heterocycles. The van der Waals surface area contributed by atoms with Crippen molar-refractivity contribution in [2.45, 2.75) is 19.8 Å². The molecule has 1 aliphatic rings. The van der Waals surface area contributed by atoms with E-state index in [0.717, 1.165) is 13.1 Å². The van der Waals surface area contributed by atoms with Gasteiger partial charge in [0.2, 0.25) is 5.91 Å². The van der Waals surface area contributed by atoms with Crippen molar-refractivity contribution in [2.75, 3.05) is 19.6 Å². The number of hydrogen-bond donors (Lipinski definition) is 2. The lowest BCUT2D eigenvalue weighted by atomic mass is 9.96. The summed E-state index contributed by atoms with van der Waals surface area (Å²) in [5, 5.41) is 8.80. The van der Waals surface area contributed by atoms with Crippen molar-refractivity contribution < 1.29 is 14.7 Å². The van der Waals surface area contributed by atoms with Crippen LogP contribution in [0, 0.1) is 11.8 Å². The molecular formula is C10H18N2O3. The average molecular weight is 214 g/mol. The summed E-state index contributed by atoms with van der Waals surface area (Å²) in [4.78, 5) is 23.7. The lowest BCUT2D eigenvalue weighted by Crippen LogP contribution is -2.41. The van der Waals surface area contributed by atoms with Crippen LogP contribution in [0.5, 0.6) is 0 Å². The summed E-state index contributed by atoms with van der Waals surface area (Å²) in [6.45, 7) is 3.93. The highest BCUT2D eigenvalue weighted by molar-refractivity contribution is 5.76. The molecule has 1 amide bonds. The van der Waals surface area contributed by atoms with Crippen molar-refractivity contribution in [1.82, 2.24) is 4.90 Å². The molecule has 1 heterocycles. The van der Waals surface area contributed by atoms with Gasteiger partial charge in [-0.25, -0.2) is 0 Å². The molecule has 5 nitrogen and oxygen atoms in total. The normalized spacial score (nSPS) is 21.1. The fourth-order valence-corrected chi connectivity index (χ4v) is 1.84. The molecule has 3 N–H and O–H groups in total. The fourth-order valence-electron chi connectivity index (χ4n) is 1.84. The second-order valence-electron chi connectivity index (χ2n) is 4.22. The first kappa shape index (κ1) is 12.0. The quantitative estimate of drug-likeness (QED) is 0.684. The summed E-state index contributed by atoms with van der Waals surface area (Å²) in [6.07, 6.45) is 1.33. The molecule has 0 aliphatic carbocycles. The van der Waals surface area contributed by atoms with Crippen molar-refractivity contribution in [2.24, 2.45) is 17.6 Å². The number of carbonyl (C=O) groups excluding carboxylic acids is 1. The molecule has 1 atom stereocenters. The number of likely N-dealkylation sites (tertiary alicyclic amines) is 1. The summed E-state index contributed by atoms with van der Waals surface area (Å²) in [5.74, 6) is -1.38. The third-order valence-corrected chi connectivity index (χ3v) is 2.95. The molecule has 0 bridgehead atoms. The molecule has 15 heavy (non-hydrogen) atoms. The predicted octanol–water partition coefficient (Wildman–Crippen LogP) is -0.0956. The zero-order valence-electron chi connectivity index (χ0n) is 8.98. The van der Waals surface area contributed by atoms with E-state index in [2.05, 4.69) is 4.90 Å². The van der Waals surface area contributed by atoms with Crippen molar-refractivity contribution in [3.05, 3.63) is 0 Å². The van der Waals surface area contributed by atoms with Gasteiger partial charge in [0.15, 0.2) is 0 Å². The molecule has 0 spiro atoms. The fraction of sp³-hybridized carbons (Fsp3) is 0.800. The van der Waals surface area contributed by atoms with Gasteiger partial charge in [-0.15, -0.1) is 0 Å². The molecule has 0 aromatic heterocycles. The number of hydrogen-bond acceptors (Lipinski definition) is 3. The Balaban J connectivity index is 2.31. The monoisotopic (exact) mass is 214 g/mol. The highest BCUT2D eigenvalue weighted by Crippen LogP contribution is 2.17. The van der Waals surface area contributed by atoms with Crippen LogP contribution in [0.4, 0.5) is 0 Å². The lowest BCUT2D eigenvalue weighted by molar-refractivity contribution is -0.143. The van der Waals surface area contributed by atoms with Gasteiger partial charge in [-0.1, -0.05) is 6.92 Å². The first-order chi connectivity index (χ1) is 7.00. The van der Waals surface area contributed by atoms with Gasteiger partial charge in [0.25, 0.3) is 0 Å². The van der Waals surface area contributed by atoms with E-state index in [1.165, 1.54) is 0 Å². The second kappa shape index (κ2) is 5.11. The third kappa shape index (κ3) is 3.51. The molecule has 86 valence electrons. The van der Waals surface area contributed by atoms with Crippen LogP contribution in [0.1, 0.15) is 19.8 Å². The number of rotatable bonds is 4. The smallest absolute Gasteiger partial charge is 0.306 e. The van der Waals surface area contributed by atoms with Crippen LogP contribution < -0.4 is 5.73 Å². The van der Waals surface area contributed by atoms with E-state index in [1.807, 2.05) is 0 Å². The van der Waals surface area contributed by atoms with Gasteiger partial charge in [-0.3, -0.25) is 9.59 Å². The highest BCUT2D eigenvalue weighted by atomic mass is 16.4.